The van der Waals surface area contributed by atoms with Gasteiger partial charge in [0.25, 0.3) is 0 Å². The summed E-state index contributed by atoms with van der Waals surface area (Å²) in [6.07, 6.45) is 1.63. The largest absolute Gasteiger partial charge is 0.333 e. The van der Waals surface area contributed by atoms with Gasteiger partial charge in [-0.05, 0) is 41.8 Å². The van der Waals surface area contributed by atoms with Gasteiger partial charge in [0.05, 0.1) is 10.4 Å². The third kappa shape index (κ3) is 2.57. The fourth-order valence-electron chi connectivity index (χ4n) is 2.94. The molecule has 0 aliphatic rings. The number of fused-ring (bicyclic) bond motifs is 2. The quantitative estimate of drug-likeness (QED) is 0.462. The maximum atomic E-state index is 15.3. The molecule has 0 aliphatic heterocycles. The number of halogens is 2. The molecule has 27 heavy (non-hydrogen) atoms. The average Bonchev–Trinajstić information content (AvgIpc) is 3.37. The van der Waals surface area contributed by atoms with E-state index in [1.807, 2.05) is 17.5 Å². The second kappa shape index (κ2) is 5.88. The number of pyridine rings is 1. The van der Waals surface area contributed by atoms with E-state index in [4.69, 9.17) is 0 Å². The monoisotopic (exact) mass is 379 g/mol. The topological polar surface area (TPSA) is 56.0 Å². The lowest BCUT2D eigenvalue weighted by atomic mass is 10.0. The Morgan fingerprint density at radius 2 is 1.89 bits per heavy atom. The summed E-state index contributed by atoms with van der Waals surface area (Å²) in [6.45, 7) is 0. The lowest BCUT2D eigenvalue weighted by Gasteiger charge is -2.15. The van der Waals surface area contributed by atoms with E-state index in [0.717, 1.165) is 9.39 Å². The molecule has 0 bridgehead atoms. The van der Waals surface area contributed by atoms with Gasteiger partial charge in [-0.1, -0.05) is 18.2 Å². The molecule has 0 spiro atoms. The molecule has 4 aromatic heterocycles. The molecule has 0 aliphatic carbocycles. The van der Waals surface area contributed by atoms with Crippen LogP contribution in [-0.4, -0.2) is 24.8 Å². The van der Waals surface area contributed by atoms with Crippen molar-refractivity contribution in [2.24, 2.45) is 0 Å². The van der Waals surface area contributed by atoms with Crippen molar-refractivity contribution in [2.75, 3.05) is 0 Å². The van der Waals surface area contributed by atoms with Gasteiger partial charge < -0.3 is 0 Å². The summed E-state index contributed by atoms with van der Waals surface area (Å²) in [4.78, 5) is 5.05. The van der Waals surface area contributed by atoms with Crippen molar-refractivity contribution in [3.8, 4) is 10.6 Å². The van der Waals surface area contributed by atoms with Crippen molar-refractivity contribution in [1.82, 2.24) is 24.8 Å². The van der Waals surface area contributed by atoms with Crippen molar-refractivity contribution in [2.45, 2.75) is 5.92 Å². The maximum absolute atomic E-state index is 15.3. The molecular formula is C19H11F2N5S. The molecule has 4 heterocycles. The molecule has 0 unspecified atom stereocenters. The van der Waals surface area contributed by atoms with Crippen LogP contribution in [-0.2, 0) is 5.92 Å². The zero-order valence-electron chi connectivity index (χ0n) is 13.8. The molecule has 5 rings (SSSR count). The van der Waals surface area contributed by atoms with Crippen LogP contribution in [0.25, 0.3) is 27.1 Å². The van der Waals surface area contributed by atoms with Gasteiger partial charge in [0, 0.05) is 17.1 Å². The highest BCUT2D eigenvalue weighted by molar-refractivity contribution is 7.13. The SMILES string of the molecule is FC(F)(c1ccc2ncccc2c1)c1nnc2ccc(-c3cccs3)nn12. The number of aromatic nitrogens is 5. The molecule has 0 N–H and O–H groups in total. The van der Waals surface area contributed by atoms with Gasteiger partial charge in [-0.15, -0.1) is 21.5 Å². The second-order valence-electron chi connectivity index (χ2n) is 5.97. The Labute approximate surface area is 155 Å². The minimum atomic E-state index is -3.36. The average molecular weight is 379 g/mol. The van der Waals surface area contributed by atoms with Crippen LogP contribution in [0.3, 0.4) is 0 Å². The number of rotatable bonds is 3. The predicted molar refractivity (Wildman–Crippen MR) is 98.8 cm³/mol. The fraction of sp³-hybridized carbons (Fsp3) is 0.0526. The molecule has 0 atom stereocenters. The van der Waals surface area contributed by atoms with Crippen molar-refractivity contribution in [3.05, 3.63) is 77.6 Å². The summed E-state index contributed by atoms with van der Waals surface area (Å²) in [6, 6.07) is 15.0. The Balaban J connectivity index is 1.67. The molecule has 0 amide bonds. The number of thiophene rings is 1. The molecular weight excluding hydrogens is 368 g/mol. The van der Waals surface area contributed by atoms with Gasteiger partial charge >= 0.3 is 5.92 Å². The first kappa shape index (κ1) is 16.0. The van der Waals surface area contributed by atoms with E-state index in [-0.39, 0.29) is 11.2 Å². The Morgan fingerprint density at radius 3 is 2.74 bits per heavy atom. The molecule has 0 radical (unpaired) electrons. The van der Waals surface area contributed by atoms with Gasteiger partial charge in [0.1, 0.15) is 5.69 Å². The van der Waals surface area contributed by atoms with Crippen LogP contribution in [0.1, 0.15) is 11.4 Å². The van der Waals surface area contributed by atoms with E-state index in [2.05, 4.69) is 20.3 Å². The van der Waals surface area contributed by atoms with Crippen LogP contribution in [0.4, 0.5) is 8.78 Å². The Hall–Kier alpha value is -3.26. The van der Waals surface area contributed by atoms with Crippen LogP contribution in [0.5, 0.6) is 0 Å². The number of nitrogens with zero attached hydrogens (tertiary/aromatic N) is 5. The van der Waals surface area contributed by atoms with Gasteiger partial charge in [-0.2, -0.15) is 18.4 Å². The molecule has 0 saturated heterocycles. The van der Waals surface area contributed by atoms with Crippen molar-refractivity contribution >= 4 is 27.9 Å². The highest BCUT2D eigenvalue weighted by atomic mass is 32.1. The summed E-state index contributed by atoms with van der Waals surface area (Å²) in [5, 5.41) is 14.5. The third-order valence-electron chi connectivity index (χ3n) is 4.28. The van der Waals surface area contributed by atoms with Crippen LogP contribution in [0.15, 0.2) is 66.2 Å². The lowest BCUT2D eigenvalue weighted by molar-refractivity contribution is 0.0307. The van der Waals surface area contributed by atoms with Gasteiger partial charge in [0.2, 0.25) is 5.82 Å². The van der Waals surface area contributed by atoms with E-state index in [1.165, 1.54) is 23.5 Å². The predicted octanol–water partition coefficient (Wildman–Crippen LogP) is 4.54. The molecule has 0 saturated carbocycles. The van der Waals surface area contributed by atoms with E-state index in [1.54, 1.807) is 36.5 Å². The Bertz CT molecular complexity index is 1260. The van der Waals surface area contributed by atoms with Gasteiger partial charge in [-0.3, -0.25) is 4.98 Å². The van der Waals surface area contributed by atoms with Crippen molar-refractivity contribution in [1.29, 1.82) is 0 Å². The Morgan fingerprint density at radius 1 is 0.963 bits per heavy atom. The lowest BCUT2D eigenvalue weighted by Crippen LogP contribution is -2.20. The van der Waals surface area contributed by atoms with Crippen LogP contribution < -0.4 is 0 Å². The zero-order valence-corrected chi connectivity index (χ0v) is 14.6. The zero-order chi connectivity index (χ0) is 18.4. The number of hydrogen-bond acceptors (Lipinski definition) is 5. The standard InChI is InChI=1S/C19H11F2N5S/c20-19(21,13-5-6-14-12(11-13)3-1-9-22-14)18-24-23-17-8-7-15(25-26(17)18)16-4-2-10-27-16/h1-11H. The fourth-order valence-corrected chi connectivity index (χ4v) is 3.63. The van der Waals surface area contributed by atoms with Gasteiger partial charge in [0.15, 0.2) is 5.65 Å². The van der Waals surface area contributed by atoms with E-state index < -0.39 is 11.7 Å². The number of hydrogen-bond donors (Lipinski definition) is 0. The minimum absolute atomic E-state index is 0.180. The van der Waals surface area contributed by atoms with Crippen molar-refractivity contribution < 1.29 is 8.78 Å². The highest BCUT2D eigenvalue weighted by Gasteiger charge is 2.40. The first-order chi connectivity index (χ1) is 13.1. The van der Waals surface area contributed by atoms with E-state index in [9.17, 15) is 0 Å². The molecule has 132 valence electrons. The first-order valence-corrected chi connectivity index (χ1v) is 9.01. The van der Waals surface area contributed by atoms with E-state index >= 15 is 8.78 Å². The smallest absolute Gasteiger partial charge is 0.256 e. The molecule has 5 aromatic rings. The second-order valence-corrected chi connectivity index (χ2v) is 6.92. The molecule has 8 heteroatoms. The normalized spacial score (nSPS) is 12.1. The molecule has 0 fully saturated rings. The maximum Gasteiger partial charge on any atom is 0.333 e. The van der Waals surface area contributed by atoms with Crippen LogP contribution in [0.2, 0.25) is 0 Å². The number of benzene rings is 1. The molecule has 1 aromatic carbocycles. The minimum Gasteiger partial charge on any atom is -0.256 e. The summed E-state index contributed by atoms with van der Waals surface area (Å²) in [5.41, 5.74) is 1.34. The summed E-state index contributed by atoms with van der Waals surface area (Å²) in [7, 11) is 0. The van der Waals surface area contributed by atoms with Crippen LogP contribution in [0, 0.1) is 0 Å². The highest BCUT2D eigenvalue weighted by Crippen LogP contribution is 2.36. The summed E-state index contributed by atoms with van der Waals surface area (Å²) >= 11 is 1.49. The Kier molecular flexibility index (Phi) is 3.48. The summed E-state index contributed by atoms with van der Waals surface area (Å²) < 4.78 is 31.7. The van der Waals surface area contributed by atoms with Crippen LogP contribution >= 0.6 is 11.3 Å². The van der Waals surface area contributed by atoms with E-state index in [0.29, 0.717) is 16.6 Å². The molecule has 5 nitrogen and oxygen atoms in total. The third-order valence-corrected chi connectivity index (χ3v) is 5.18. The summed E-state index contributed by atoms with van der Waals surface area (Å²) in [5.74, 6) is -3.87. The van der Waals surface area contributed by atoms with Crippen molar-refractivity contribution in [3.63, 3.8) is 0 Å². The van der Waals surface area contributed by atoms with Gasteiger partial charge in [-0.25, -0.2) is 0 Å². The first-order valence-electron chi connectivity index (χ1n) is 8.13. The number of alkyl halides is 2.